The van der Waals surface area contributed by atoms with E-state index in [1.54, 1.807) is 0 Å². The summed E-state index contributed by atoms with van der Waals surface area (Å²) in [5, 5.41) is 0. The average molecular weight is 121 g/mol. The molecule has 46 valence electrons. The number of halogens is 2. The van der Waals surface area contributed by atoms with Gasteiger partial charge in [-0.05, 0) is 0 Å². The molecule has 0 bridgehead atoms. The topological polar surface area (TPSA) is 29.4 Å². The summed E-state index contributed by atoms with van der Waals surface area (Å²) in [4.78, 5) is 11.4. The van der Waals surface area contributed by atoms with Crippen LogP contribution in [0.3, 0.4) is 0 Å². The number of hydrogen-bond acceptors (Lipinski definition) is 2. The second kappa shape index (κ2) is 2.52. The molecule has 0 saturated carbocycles. The van der Waals surface area contributed by atoms with Gasteiger partial charge < -0.3 is 0 Å². The molecule has 0 amide bonds. The summed E-state index contributed by atoms with van der Waals surface area (Å²) < 4.78 is 23.4. The molecule has 2 nitrogen and oxygen atoms in total. The van der Waals surface area contributed by atoms with Crippen LogP contribution in [-0.2, 0) is 4.79 Å². The van der Waals surface area contributed by atoms with Gasteiger partial charge >= 0.3 is 6.05 Å². The number of alkyl halides is 2. The summed E-state index contributed by atoms with van der Waals surface area (Å²) in [5.74, 6) is 0. The van der Waals surface area contributed by atoms with Crippen molar-refractivity contribution in [3.63, 3.8) is 0 Å². The Balaban J connectivity index is 3.90. The maximum Gasteiger partial charge on any atom is 0.351 e. The minimum atomic E-state index is -3.21. The number of isocyanates is 1. The quantitative estimate of drug-likeness (QED) is 0.308. The van der Waals surface area contributed by atoms with Crippen molar-refractivity contribution in [2.45, 2.75) is 19.4 Å². The van der Waals surface area contributed by atoms with E-state index in [4.69, 9.17) is 0 Å². The summed E-state index contributed by atoms with van der Waals surface area (Å²) in [6.45, 7) is 1.24. The van der Waals surface area contributed by atoms with Gasteiger partial charge in [0.15, 0.2) is 0 Å². The maximum atomic E-state index is 11.7. The van der Waals surface area contributed by atoms with Crippen molar-refractivity contribution < 1.29 is 13.6 Å². The Bertz CT molecular complexity index is 117. The Kier molecular flexibility index (Phi) is 2.28. The fraction of sp³-hybridized carbons (Fsp3) is 0.750. The Morgan fingerprint density at radius 2 is 2.25 bits per heavy atom. The Labute approximate surface area is 45.2 Å². The highest BCUT2D eigenvalue weighted by atomic mass is 19.3. The van der Waals surface area contributed by atoms with Crippen LogP contribution in [0.25, 0.3) is 0 Å². The number of nitrogens with zero attached hydrogens (tertiary/aromatic N) is 1. The van der Waals surface area contributed by atoms with Crippen molar-refractivity contribution in [3.8, 4) is 0 Å². The molecule has 0 N–H and O–H groups in total. The third-order valence-electron chi connectivity index (χ3n) is 0.635. The molecule has 0 spiro atoms. The summed E-state index contributed by atoms with van der Waals surface area (Å²) >= 11 is 0. The van der Waals surface area contributed by atoms with Crippen molar-refractivity contribution in [3.05, 3.63) is 0 Å². The number of rotatable bonds is 2. The van der Waals surface area contributed by atoms with Crippen molar-refractivity contribution in [2.24, 2.45) is 4.99 Å². The summed E-state index contributed by atoms with van der Waals surface area (Å²) in [7, 11) is 0. The molecule has 0 fully saturated rings. The van der Waals surface area contributed by atoms with Gasteiger partial charge in [-0.25, -0.2) is 4.79 Å². The molecule has 0 saturated heterocycles. The van der Waals surface area contributed by atoms with Crippen molar-refractivity contribution in [1.82, 2.24) is 0 Å². The summed E-state index contributed by atoms with van der Waals surface area (Å²) in [6, 6.07) is -3.21. The molecule has 0 aromatic carbocycles. The molecule has 0 aliphatic rings. The van der Waals surface area contributed by atoms with Gasteiger partial charge in [-0.2, -0.15) is 8.78 Å². The number of hydrogen-bond donors (Lipinski definition) is 0. The van der Waals surface area contributed by atoms with Crippen LogP contribution in [0.4, 0.5) is 8.78 Å². The van der Waals surface area contributed by atoms with Crippen LogP contribution in [-0.4, -0.2) is 12.1 Å². The first-order chi connectivity index (χ1) is 3.62. The fourth-order valence-corrected chi connectivity index (χ4v) is 0.146. The maximum absolute atomic E-state index is 11.7. The zero-order valence-electron chi connectivity index (χ0n) is 4.32. The van der Waals surface area contributed by atoms with Gasteiger partial charge in [-0.15, -0.1) is 4.99 Å². The third-order valence-corrected chi connectivity index (χ3v) is 0.635. The van der Waals surface area contributed by atoms with Crippen molar-refractivity contribution in [1.29, 1.82) is 0 Å². The predicted octanol–water partition coefficient (Wildman–Crippen LogP) is 1.33. The Morgan fingerprint density at radius 1 is 1.75 bits per heavy atom. The zero-order valence-corrected chi connectivity index (χ0v) is 4.32. The van der Waals surface area contributed by atoms with Gasteiger partial charge in [0.25, 0.3) is 0 Å². The molecular formula is C4H5F2NO. The smallest absolute Gasteiger partial charge is 0.211 e. The van der Waals surface area contributed by atoms with Crippen LogP contribution < -0.4 is 0 Å². The Morgan fingerprint density at radius 3 is 2.38 bits per heavy atom. The van der Waals surface area contributed by atoms with Gasteiger partial charge in [0, 0.05) is 6.42 Å². The van der Waals surface area contributed by atoms with Gasteiger partial charge in [0.1, 0.15) is 0 Å². The molecule has 0 radical (unpaired) electrons. The van der Waals surface area contributed by atoms with Crippen LogP contribution in [0.5, 0.6) is 0 Å². The van der Waals surface area contributed by atoms with Gasteiger partial charge in [0.2, 0.25) is 6.08 Å². The molecule has 0 atom stereocenters. The Hall–Kier alpha value is -0.760. The number of carbonyl (C=O) groups excluding carboxylic acids is 1. The van der Waals surface area contributed by atoms with E-state index in [0.717, 1.165) is 6.08 Å². The van der Waals surface area contributed by atoms with Gasteiger partial charge in [-0.3, -0.25) is 0 Å². The van der Waals surface area contributed by atoms with Crippen LogP contribution in [0, 0.1) is 0 Å². The standard InChI is InChI=1S/C4H5F2NO/c1-2-4(5,6)7-3-8/h2H2,1H3. The van der Waals surface area contributed by atoms with E-state index >= 15 is 0 Å². The van der Waals surface area contributed by atoms with Crippen LogP contribution in [0.2, 0.25) is 0 Å². The molecule has 0 aliphatic carbocycles. The van der Waals surface area contributed by atoms with E-state index in [2.05, 4.69) is 4.99 Å². The largest absolute Gasteiger partial charge is 0.351 e. The first kappa shape index (κ1) is 7.24. The van der Waals surface area contributed by atoms with Gasteiger partial charge in [-0.1, -0.05) is 6.92 Å². The van der Waals surface area contributed by atoms with E-state index in [1.165, 1.54) is 6.92 Å². The third kappa shape index (κ3) is 2.42. The molecule has 0 rings (SSSR count). The summed E-state index contributed by atoms with van der Waals surface area (Å²) in [6.07, 6.45) is 0.328. The van der Waals surface area contributed by atoms with E-state index < -0.39 is 12.5 Å². The molecule has 0 aliphatic heterocycles. The highest BCUT2D eigenvalue weighted by Crippen LogP contribution is 2.17. The molecule has 0 aromatic rings. The monoisotopic (exact) mass is 121 g/mol. The molecule has 0 heterocycles. The first-order valence-electron chi connectivity index (χ1n) is 2.09. The van der Waals surface area contributed by atoms with E-state index in [-0.39, 0.29) is 0 Å². The van der Waals surface area contributed by atoms with E-state index in [9.17, 15) is 13.6 Å². The lowest BCUT2D eigenvalue weighted by molar-refractivity contribution is 0.00736. The van der Waals surface area contributed by atoms with Gasteiger partial charge in [0.05, 0.1) is 0 Å². The lowest BCUT2D eigenvalue weighted by atomic mass is 10.4. The average Bonchev–Trinajstić information content (AvgIpc) is 1.67. The van der Waals surface area contributed by atoms with Crippen molar-refractivity contribution >= 4 is 6.08 Å². The zero-order chi connectivity index (χ0) is 6.62. The SMILES string of the molecule is CCC(F)(F)N=C=O. The molecule has 0 aromatic heterocycles. The van der Waals surface area contributed by atoms with Crippen LogP contribution in [0.1, 0.15) is 13.3 Å². The fourth-order valence-electron chi connectivity index (χ4n) is 0.146. The lowest BCUT2D eigenvalue weighted by Gasteiger charge is -2.01. The minimum Gasteiger partial charge on any atom is -0.211 e. The van der Waals surface area contributed by atoms with E-state index in [0.29, 0.717) is 0 Å². The minimum absolute atomic E-state index is 0.456. The second-order valence-electron chi connectivity index (χ2n) is 1.22. The van der Waals surface area contributed by atoms with Crippen molar-refractivity contribution in [2.75, 3.05) is 0 Å². The lowest BCUT2D eigenvalue weighted by Crippen LogP contribution is -2.08. The van der Waals surface area contributed by atoms with E-state index in [1.807, 2.05) is 0 Å². The first-order valence-corrected chi connectivity index (χ1v) is 2.09. The highest BCUT2D eigenvalue weighted by molar-refractivity contribution is 5.33. The predicted molar refractivity (Wildman–Crippen MR) is 23.4 cm³/mol. The molecule has 0 unspecified atom stereocenters. The molecule has 8 heavy (non-hydrogen) atoms. The molecular weight excluding hydrogens is 116 g/mol. The van der Waals surface area contributed by atoms with Crippen LogP contribution in [0.15, 0.2) is 4.99 Å². The normalized spacial score (nSPS) is 10.4. The molecule has 4 heteroatoms. The summed E-state index contributed by atoms with van der Waals surface area (Å²) in [5.41, 5.74) is 0. The number of aliphatic imine (C=N–C) groups is 1. The second-order valence-corrected chi connectivity index (χ2v) is 1.22. The van der Waals surface area contributed by atoms with Crippen LogP contribution >= 0.6 is 0 Å². The highest BCUT2D eigenvalue weighted by Gasteiger charge is 2.23.